The van der Waals surface area contributed by atoms with Gasteiger partial charge in [0.2, 0.25) is 0 Å². The van der Waals surface area contributed by atoms with Crippen molar-refractivity contribution in [3.8, 4) is 0 Å². The number of rotatable bonds is 3. The van der Waals surface area contributed by atoms with Crippen molar-refractivity contribution in [2.75, 3.05) is 0 Å². The molecule has 1 atom stereocenters. The summed E-state index contributed by atoms with van der Waals surface area (Å²) in [5.74, 6) is 0. The topological polar surface area (TPSA) is 0 Å². The lowest BCUT2D eigenvalue weighted by atomic mass is 9.85. The molecular formula is C8H14Cl4. The molecule has 1 unspecified atom stereocenters. The van der Waals surface area contributed by atoms with Crippen LogP contribution >= 0.6 is 46.4 Å². The van der Waals surface area contributed by atoms with Crippen molar-refractivity contribution in [1.29, 1.82) is 0 Å². The van der Waals surface area contributed by atoms with Crippen LogP contribution < -0.4 is 0 Å². The van der Waals surface area contributed by atoms with Crippen molar-refractivity contribution in [2.45, 2.75) is 42.8 Å². The van der Waals surface area contributed by atoms with Crippen LogP contribution in [0.2, 0.25) is 0 Å². The molecular weight excluding hydrogens is 238 g/mol. The van der Waals surface area contributed by atoms with Crippen LogP contribution in [-0.4, -0.2) is 9.17 Å². The zero-order valence-electron chi connectivity index (χ0n) is 7.50. The molecule has 0 spiro atoms. The molecule has 0 aromatic rings. The van der Waals surface area contributed by atoms with Gasteiger partial charge in [-0.05, 0) is 11.8 Å². The van der Waals surface area contributed by atoms with Crippen LogP contribution in [0.3, 0.4) is 0 Å². The van der Waals surface area contributed by atoms with Gasteiger partial charge in [0, 0.05) is 11.8 Å². The highest BCUT2D eigenvalue weighted by atomic mass is 35.6. The molecule has 0 nitrogen and oxygen atoms in total. The highest BCUT2D eigenvalue weighted by Crippen LogP contribution is 2.40. The fourth-order valence-electron chi connectivity index (χ4n) is 0.701. The maximum absolute atomic E-state index is 6.10. The van der Waals surface area contributed by atoms with Gasteiger partial charge in [0.1, 0.15) is 0 Å². The summed E-state index contributed by atoms with van der Waals surface area (Å²) in [6.07, 6.45) is 1.36. The second-order valence-electron chi connectivity index (χ2n) is 3.63. The van der Waals surface area contributed by atoms with Gasteiger partial charge in [-0.2, -0.15) is 0 Å². The molecule has 0 aromatic carbocycles. The van der Waals surface area contributed by atoms with Gasteiger partial charge in [0.15, 0.2) is 3.79 Å². The number of hydrogen-bond acceptors (Lipinski definition) is 0. The first kappa shape index (κ1) is 13.2. The molecule has 74 valence electrons. The Labute approximate surface area is 94.5 Å². The van der Waals surface area contributed by atoms with E-state index in [1.807, 2.05) is 0 Å². The van der Waals surface area contributed by atoms with E-state index >= 15 is 0 Å². The molecule has 0 aliphatic rings. The van der Waals surface area contributed by atoms with Gasteiger partial charge in [0.05, 0.1) is 0 Å². The van der Waals surface area contributed by atoms with Gasteiger partial charge >= 0.3 is 0 Å². The molecule has 0 aliphatic heterocycles. The van der Waals surface area contributed by atoms with Gasteiger partial charge in [-0.1, -0.05) is 55.6 Å². The van der Waals surface area contributed by atoms with Crippen molar-refractivity contribution in [2.24, 2.45) is 5.41 Å². The number of alkyl halides is 4. The fourth-order valence-corrected chi connectivity index (χ4v) is 1.79. The Hall–Kier alpha value is 1.16. The van der Waals surface area contributed by atoms with E-state index in [0.717, 1.165) is 6.42 Å². The molecule has 0 aliphatic carbocycles. The van der Waals surface area contributed by atoms with E-state index < -0.39 is 3.79 Å². The molecule has 12 heavy (non-hydrogen) atoms. The fraction of sp³-hybridized carbons (Fsp3) is 1.00. The lowest BCUT2D eigenvalue weighted by Gasteiger charge is -2.30. The Morgan fingerprint density at radius 2 is 1.58 bits per heavy atom. The first-order chi connectivity index (χ1) is 5.19. The molecule has 0 bridgehead atoms. The van der Waals surface area contributed by atoms with E-state index in [1.54, 1.807) is 0 Å². The van der Waals surface area contributed by atoms with Crippen LogP contribution in [-0.2, 0) is 0 Å². The van der Waals surface area contributed by atoms with Gasteiger partial charge in [-0.25, -0.2) is 0 Å². The summed E-state index contributed by atoms with van der Waals surface area (Å²) in [4.78, 5) is 0. The molecule has 4 heteroatoms. The first-order valence-corrected chi connectivity index (χ1v) is 5.47. The zero-order chi connectivity index (χ0) is 9.99. The maximum atomic E-state index is 6.10. The van der Waals surface area contributed by atoms with Crippen molar-refractivity contribution >= 4 is 46.4 Å². The monoisotopic (exact) mass is 250 g/mol. The summed E-state index contributed by atoms with van der Waals surface area (Å²) in [6, 6.07) is 0. The summed E-state index contributed by atoms with van der Waals surface area (Å²) in [7, 11) is 0. The Balaban J connectivity index is 4.13. The van der Waals surface area contributed by atoms with Crippen LogP contribution in [0, 0.1) is 5.41 Å². The minimum Gasteiger partial charge on any atom is -0.122 e. The Bertz CT molecular complexity index is 136. The summed E-state index contributed by atoms with van der Waals surface area (Å²) >= 11 is 23.0. The largest absolute Gasteiger partial charge is 0.192 e. The van der Waals surface area contributed by atoms with E-state index in [0.29, 0.717) is 6.42 Å². The Morgan fingerprint density at radius 1 is 1.17 bits per heavy atom. The van der Waals surface area contributed by atoms with E-state index in [1.165, 1.54) is 0 Å². The highest BCUT2D eigenvalue weighted by Gasteiger charge is 2.33. The van der Waals surface area contributed by atoms with E-state index in [-0.39, 0.29) is 10.8 Å². The average molecular weight is 252 g/mol. The third-order valence-corrected chi connectivity index (χ3v) is 3.38. The van der Waals surface area contributed by atoms with Gasteiger partial charge in [0.25, 0.3) is 0 Å². The lowest BCUT2D eigenvalue weighted by Crippen LogP contribution is -2.27. The minimum absolute atomic E-state index is 0.0193. The van der Waals surface area contributed by atoms with Crippen LogP contribution in [0.15, 0.2) is 0 Å². The molecule has 0 fully saturated rings. The third-order valence-electron chi connectivity index (χ3n) is 2.17. The first-order valence-electron chi connectivity index (χ1n) is 3.90. The quantitative estimate of drug-likeness (QED) is 0.633. The predicted octanol–water partition coefficient (Wildman–Crippen LogP) is 4.79. The van der Waals surface area contributed by atoms with Gasteiger partial charge in [-0.15, -0.1) is 11.6 Å². The molecule has 0 N–H and O–H groups in total. The second-order valence-corrected chi connectivity index (χ2v) is 6.67. The summed E-state index contributed by atoms with van der Waals surface area (Å²) < 4.78 is -1.24. The van der Waals surface area contributed by atoms with E-state index in [2.05, 4.69) is 20.8 Å². The van der Waals surface area contributed by atoms with Gasteiger partial charge in [-0.3, -0.25) is 0 Å². The van der Waals surface area contributed by atoms with Crippen LogP contribution in [0.4, 0.5) is 0 Å². The Morgan fingerprint density at radius 3 is 1.83 bits per heavy atom. The Kier molecular flexibility index (Phi) is 5.04. The zero-order valence-corrected chi connectivity index (χ0v) is 10.5. The van der Waals surface area contributed by atoms with Crippen LogP contribution in [0.25, 0.3) is 0 Å². The van der Waals surface area contributed by atoms with Crippen molar-refractivity contribution < 1.29 is 0 Å². The van der Waals surface area contributed by atoms with Crippen molar-refractivity contribution in [3.05, 3.63) is 0 Å². The van der Waals surface area contributed by atoms with Crippen LogP contribution in [0.5, 0.6) is 0 Å². The second kappa shape index (κ2) is 4.59. The predicted molar refractivity (Wildman–Crippen MR) is 58.6 cm³/mol. The molecule has 0 rings (SSSR count). The third kappa shape index (κ3) is 5.01. The molecule has 0 aromatic heterocycles. The molecule has 0 saturated heterocycles. The summed E-state index contributed by atoms with van der Waals surface area (Å²) in [6.45, 7) is 6.22. The maximum Gasteiger partial charge on any atom is 0.192 e. The summed E-state index contributed by atoms with van der Waals surface area (Å²) in [5.41, 5.74) is 0.0193. The number of hydrogen-bond donors (Lipinski definition) is 0. The van der Waals surface area contributed by atoms with Gasteiger partial charge < -0.3 is 0 Å². The van der Waals surface area contributed by atoms with Crippen molar-refractivity contribution in [3.63, 3.8) is 0 Å². The van der Waals surface area contributed by atoms with Crippen LogP contribution in [0.1, 0.15) is 33.6 Å². The van der Waals surface area contributed by atoms with E-state index in [9.17, 15) is 0 Å². The standard InChI is InChI=1S/C8H14Cl4/c1-4-7(2,3)6(9)5-8(10,11)12/h6H,4-5H2,1-3H3. The number of halogens is 4. The highest BCUT2D eigenvalue weighted by molar-refractivity contribution is 6.67. The lowest BCUT2D eigenvalue weighted by molar-refractivity contribution is 0.322. The molecule has 0 radical (unpaired) electrons. The summed E-state index contributed by atoms with van der Waals surface area (Å²) in [5, 5.41) is -0.102. The molecule has 0 amide bonds. The SMILES string of the molecule is CCC(C)(C)C(Cl)CC(Cl)(Cl)Cl. The average Bonchev–Trinajstić information content (AvgIpc) is 1.84. The molecule has 0 heterocycles. The van der Waals surface area contributed by atoms with Crippen molar-refractivity contribution in [1.82, 2.24) is 0 Å². The smallest absolute Gasteiger partial charge is 0.122 e. The van der Waals surface area contributed by atoms with E-state index in [4.69, 9.17) is 46.4 Å². The minimum atomic E-state index is -1.24. The normalized spacial score (nSPS) is 16.2. The molecule has 0 saturated carbocycles.